The maximum Gasteiger partial charge on any atom is 0.225 e. The molecule has 3 nitrogen and oxygen atoms in total. The summed E-state index contributed by atoms with van der Waals surface area (Å²) in [6.07, 6.45) is 5.75. The lowest BCUT2D eigenvalue weighted by Crippen LogP contribution is -2.51. The van der Waals surface area contributed by atoms with Crippen LogP contribution in [0.5, 0.6) is 0 Å². The number of hydrogen-bond donors (Lipinski definition) is 2. The first-order valence-corrected chi connectivity index (χ1v) is 7.44. The average Bonchev–Trinajstić information content (AvgIpc) is 2.56. The predicted molar refractivity (Wildman–Crippen MR) is 74.3 cm³/mol. The Morgan fingerprint density at radius 1 is 1.28 bits per heavy atom. The molecule has 0 aromatic rings. The van der Waals surface area contributed by atoms with Gasteiger partial charge in [0, 0.05) is 23.5 Å². The van der Waals surface area contributed by atoms with Crippen molar-refractivity contribution in [1.29, 1.82) is 0 Å². The normalized spacial score (nSPS) is 31.7. The zero-order valence-electron chi connectivity index (χ0n) is 12.3. The second-order valence-electron chi connectivity index (χ2n) is 7.26. The molecule has 0 radical (unpaired) electrons. The maximum atomic E-state index is 12.4. The molecule has 2 atom stereocenters. The van der Waals surface area contributed by atoms with Gasteiger partial charge in [-0.2, -0.15) is 0 Å². The summed E-state index contributed by atoms with van der Waals surface area (Å²) in [5.74, 6) is 0.803. The molecule has 2 saturated heterocycles. The number of carbonyl (C=O) groups is 1. The van der Waals surface area contributed by atoms with Crippen LogP contribution in [0.15, 0.2) is 0 Å². The van der Waals surface area contributed by atoms with Gasteiger partial charge in [0.15, 0.2) is 0 Å². The maximum absolute atomic E-state index is 12.4. The van der Waals surface area contributed by atoms with Crippen molar-refractivity contribution in [2.45, 2.75) is 77.9 Å². The molecule has 2 bridgehead atoms. The quantitative estimate of drug-likeness (QED) is 0.807. The molecule has 104 valence electrons. The molecular formula is C15H28N2O. The van der Waals surface area contributed by atoms with Crippen LogP contribution in [-0.4, -0.2) is 24.0 Å². The van der Waals surface area contributed by atoms with Gasteiger partial charge >= 0.3 is 0 Å². The highest BCUT2D eigenvalue weighted by Gasteiger charge is 2.36. The minimum atomic E-state index is -0.238. The Hall–Kier alpha value is -0.570. The molecule has 0 aliphatic carbocycles. The third kappa shape index (κ3) is 3.25. The van der Waals surface area contributed by atoms with E-state index in [9.17, 15) is 4.79 Å². The SMILES string of the molecule is CC(C)CC(C)(C)C(=O)NC1CC2CCC(C1)N2. The summed E-state index contributed by atoms with van der Waals surface area (Å²) in [5, 5.41) is 6.90. The van der Waals surface area contributed by atoms with E-state index in [-0.39, 0.29) is 11.3 Å². The van der Waals surface area contributed by atoms with Crippen LogP contribution in [0.4, 0.5) is 0 Å². The lowest BCUT2D eigenvalue weighted by Gasteiger charge is -2.33. The minimum absolute atomic E-state index is 0.238. The topological polar surface area (TPSA) is 41.1 Å². The van der Waals surface area contributed by atoms with Gasteiger partial charge in [0.2, 0.25) is 5.91 Å². The summed E-state index contributed by atoms with van der Waals surface area (Å²) in [7, 11) is 0. The van der Waals surface area contributed by atoms with Crippen LogP contribution in [0.25, 0.3) is 0 Å². The first kappa shape index (κ1) is 13.9. The first-order valence-electron chi connectivity index (χ1n) is 7.44. The van der Waals surface area contributed by atoms with Gasteiger partial charge < -0.3 is 10.6 Å². The van der Waals surface area contributed by atoms with E-state index in [4.69, 9.17) is 0 Å². The van der Waals surface area contributed by atoms with Crippen molar-refractivity contribution in [2.75, 3.05) is 0 Å². The number of carbonyl (C=O) groups excluding carboxylic acids is 1. The van der Waals surface area contributed by atoms with Crippen molar-refractivity contribution in [3.63, 3.8) is 0 Å². The Morgan fingerprint density at radius 2 is 1.83 bits per heavy atom. The summed E-state index contributed by atoms with van der Waals surface area (Å²) >= 11 is 0. The van der Waals surface area contributed by atoms with Gasteiger partial charge in [0.05, 0.1) is 0 Å². The monoisotopic (exact) mass is 252 g/mol. The molecule has 2 heterocycles. The van der Waals surface area contributed by atoms with E-state index in [0.717, 1.165) is 19.3 Å². The Kier molecular flexibility index (Phi) is 4.00. The van der Waals surface area contributed by atoms with Crippen molar-refractivity contribution in [1.82, 2.24) is 10.6 Å². The summed E-state index contributed by atoms with van der Waals surface area (Å²) in [6.45, 7) is 8.50. The highest BCUT2D eigenvalue weighted by Crippen LogP contribution is 2.29. The van der Waals surface area contributed by atoms with Gasteiger partial charge in [-0.15, -0.1) is 0 Å². The lowest BCUT2D eigenvalue weighted by atomic mass is 9.82. The molecule has 2 aliphatic rings. The van der Waals surface area contributed by atoms with Crippen molar-refractivity contribution >= 4 is 5.91 Å². The molecule has 2 unspecified atom stereocenters. The van der Waals surface area contributed by atoms with E-state index in [2.05, 4.69) is 38.3 Å². The third-order valence-electron chi connectivity index (χ3n) is 4.34. The largest absolute Gasteiger partial charge is 0.353 e. The Bertz CT molecular complexity index is 300. The number of rotatable bonds is 4. The summed E-state index contributed by atoms with van der Waals surface area (Å²) in [4.78, 5) is 12.4. The van der Waals surface area contributed by atoms with Crippen molar-refractivity contribution in [3.8, 4) is 0 Å². The number of nitrogens with one attached hydrogen (secondary N) is 2. The van der Waals surface area contributed by atoms with Crippen LogP contribution in [0.2, 0.25) is 0 Å². The molecule has 0 aromatic heterocycles. The Morgan fingerprint density at radius 3 is 2.33 bits per heavy atom. The molecule has 2 aliphatic heterocycles. The lowest BCUT2D eigenvalue weighted by molar-refractivity contribution is -0.131. The molecule has 2 N–H and O–H groups in total. The van der Waals surface area contributed by atoms with Crippen LogP contribution in [0, 0.1) is 11.3 Å². The van der Waals surface area contributed by atoms with Crippen LogP contribution in [0.3, 0.4) is 0 Å². The Balaban J connectivity index is 1.87. The molecule has 0 spiro atoms. The number of amides is 1. The van der Waals surface area contributed by atoms with E-state index in [1.165, 1.54) is 12.8 Å². The second-order valence-corrected chi connectivity index (χ2v) is 7.26. The van der Waals surface area contributed by atoms with E-state index in [0.29, 0.717) is 24.0 Å². The molecule has 2 rings (SSSR count). The number of fused-ring (bicyclic) bond motifs is 2. The van der Waals surface area contributed by atoms with Gasteiger partial charge in [0.25, 0.3) is 0 Å². The van der Waals surface area contributed by atoms with E-state index in [1.54, 1.807) is 0 Å². The van der Waals surface area contributed by atoms with Crippen molar-refractivity contribution in [3.05, 3.63) is 0 Å². The molecule has 1 amide bonds. The summed E-state index contributed by atoms with van der Waals surface area (Å²) in [6, 6.07) is 1.67. The zero-order valence-corrected chi connectivity index (χ0v) is 12.3. The summed E-state index contributed by atoms with van der Waals surface area (Å²) < 4.78 is 0. The third-order valence-corrected chi connectivity index (χ3v) is 4.34. The molecule has 0 aromatic carbocycles. The van der Waals surface area contributed by atoms with Gasteiger partial charge in [0.1, 0.15) is 0 Å². The standard InChI is InChI=1S/C15H28N2O/c1-10(2)9-15(3,4)14(18)17-13-7-11-5-6-12(8-13)16-11/h10-13,16H,5-9H2,1-4H3,(H,17,18). The Labute approximate surface area is 111 Å². The molecule has 18 heavy (non-hydrogen) atoms. The summed E-state index contributed by atoms with van der Waals surface area (Å²) in [5.41, 5.74) is -0.238. The molecular weight excluding hydrogens is 224 g/mol. The fourth-order valence-electron chi connectivity index (χ4n) is 3.67. The van der Waals surface area contributed by atoms with Crippen LogP contribution in [-0.2, 0) is 4.79 Å². The molecule has 2 fully saturated rings. The zero-order chi connectivity index (χ0) is 13.3. The number of hydrogen-bond acceptors (Lipinski definition) is 2. The van der Waals surface area contributed by atoms with Gasteiger partial charge in [-0.25, -0.2) is 0 Å². The van der Waals surface area contributed by atoms with Crippen LogP contribution >= 0.6 is 0 Å². The van der Waals surface area contributed by atoms with Crippen molar-refractivity contribution in [2.24, 2.45) is 11.3 Å². The predicted octanol–water partition coefficient (Wildman–Crippen LogP) is 2.46. The molecule has 0 saturated carbocycles. The van der Waals surface area contributed by atoms with Crippen molar-refractivity contribution < 1.29 is 4.79 Å². The van der Waals surface area contributed by atoms with E-state index >= 15 is 0 Å². The van der Waals surface area contributed by atoms with Crippen LogP contribution < -0.4 is 10.6 Å². The van der Waals surface area contributed by atoms with E-state index < -0.39 is 0 Å². The average molecular weight is 252 g/mol. The minimum Gasteiger partial charge on any atom is -0.353 e. The smallest absolute Gasteiger partial charge is 0.225 e. The number of piperidine rings is 1. The first-order chi connectivity index (χ1) is 8.37. The van der Waals surface area contributed by atoms with Gasteiger partial charge in [-0.1, -0.05) is 27.7 Å². The van der Waals surface area contributed by atoms with E-state index in [1.807, 2.05) is 0 Å². The van der Waals surface area contributed by atoms with Gasteiger partial charge in [-0.3, -0.25) is 4.79 Å². The highest BCUT2D eigenvalue weighted by atomic mass is 16.2. The fourth-order valence-corrected chi connectivity index (χ4v) is 3.67. The highest BCUT2D eigenvalue weighted by molar-refractivity contribution is 5.82. The second kappa shape index (κ2) is 5.20. The van der Waals surface area contributed by atoms with Crippen LogP contribution in [0.1, 0.15) is 59.8 Å². The van der Waals surface area contributed by atoms with Gasteiger partial charge in [-0.05, 0) is 38.0 Å². The fraction of sp³-hybridized carbons (Fsp3) is 0.933. The molecule has 3 heteroatoms.